The Hall–Kier alpha value is -1.21. The maximum Gasteiger partial charge on any atom is 0.237 e. The van der Waals surface area contributed by atoms with Gasteiger partial charge in [-0.05, 0) is 38.1 Å². The number of nitrogen functional groups attached to an aromatic ring is 1. The lowest BCUT2D eigenvalue weighted by Gasteiger charge is -2.26. The number of nitrogens with two attached hydrogens (primary N) is 1. The zero-order valence-corrected chi connectivity index (χ0v) is 14.5. The number of anilines is 1. The van der Waals surface area contributed by atoms with Crippen LogP contribution in [0.3, 0.4) is 0 Å². The van der Waals surface area contributed by atoms with Crippen LogP contribution in [0.1, 0.15) is 50.0 Å². The summed E-state index contributed by atoms with van der Waals surface area (Å²) in [5.74, 6) is 0.900. The van der Waals surface area contributed by atoms with Gasteiger partial charge in [-0.1, -0.05) is 30.6 Å². The first-order chi connectivity index (χ1) is 11.2. The maximum absolute atomic E-state index is 12.5. The standard InChI is InChI=1S/C16H27N5OS/c17-16-20-19-14(23-16)8-10-21-9-4-7-13(21)15(22)18-11-12-5-2-1-3-6-12/h12-13H,1-11H2,(H2,17,20)(H,18,22)/t13-/m1/s1. The highest BCUT2D eigenvalue weighted by atomic mass is 32.1. The summed E-state index contributed by atoms with van der Waals surface area (Å²) >= 11 is 1.44. The Morgan fingerprint density at radius 3 is 2.78 bits per heavy atom. The van der Waals surface area contributed by atoms with E-state index in [4.69, 9.17) is 5.73 Å². The monoisotopic (exact) mass is 337 g/mol. The third-order valence-electron chi connectivity index (χ3n) is 5.05. The Morgan fingerprint density at radius 2 is 2.04 bits per heavy atom. The molecule has 1 aliphatic carbocycles. The summed E-state index contributed by atoms with van der Waals surface area (Å²) in [6.45, 7) is 2.71. The van der Waals surface area contributed by atoms with E-state index in [1.807, 2.05) is 0 Å². The second-order valence-corrected chi connectivity index (χ2v) is 7.82. The number of aromatic nitrogens is 2. The zero-order chi connectivity index (χ0) is 16.1. The van der Waals surface area contributed by atoms with Gasteiger partial charge in [-0.25, -0.2) is 0 Å². The third kappa shape index (κ3) is 4.64. The van der Waals surface area contributed by atoms with Crippen molar-refractivity contribution in [3.63, 3.8) is 0 Å². The Balaban J connectivity index is 1.44. The molecule has 2 aliphatic rings. The molecule has 1 aliphatic heterocycles. The largest absolute Gasteiger partial charge is 0.374 e. The van der Waals surface area contributed by atoms with Crippen LogP contribution in [0.2, 0.25) is 0 Å². The van der Waals surface area contributed by atoms with E-state index in [2.05, 4.69) is 20.4 Å². The molecule has 0 radical (unpaired) electrons. The van der Waals surface area contributed by atoms with Gasteiger partial charge >= 0.3 is 0 Å². The van der Waals surface area contributed by atoms with Gasteiger partial charge in [-0.2, -0.15) is 0 Å². The van der Waals surface area contributed by atoms with Gasteiger partial charge in [-0.3, -0.25) is 9.69 Å². The van der Waals surface area contributed by atoms with Crippen molar-refractivity contribution in [1.29, 1.82) is 0 Å². The first-order valence-corrected chi connectivity index (χ1v) is 9.63. The van der Waals surface area contributed by atoms with E-state index >= 15 is 0 Å². The topological polar surface area (TPSA) is 84.1 Å². The fourth-order valence-corrected chi connectivity index (χ4v) is 4.35. The molecule has 1 saturated carbocycles. The molecule has 1 amide bonds. The van der Waals surface area contributed by atoms with Crippen LogP contribution in [0.4, 0.5) is 5.13 Å². The van der Waals surface area contributed by atoms with E-state index in [1.165, 1.54) is 43.4 Å². The molecule has 0 spiro atoms. The molecule has 128 valence electrons. The number of hydrogen-bond donors (Lipinski definition) is 2. The minimum atomic E-state index is 0.0314. The number of hydrogen-bond acceptors (Lipinski definition) is 6. The van der Waals surface area contributed by atoms with E-state index in [-0.39, 0.29) is 11.9 Å². The van der Waals surface area contributed by atoms with E-state index in [9.17, 15) is 4.79 Å². The van der Waals surface area contributed by atoms with Crippen molar-refractivity contribution < 1.29 is 4.79 Å². The molecule has 6 nitrogen and oxygen atoms in total. The molecule has 1 saturated heterocycles. The number of rotatable bonds is 6. The Bertz CT molecular complexity index is 514. The van der Waals surface area contributed by atoms with Gasteiger partial charge in [0.15, 0.2) is 0 Å². The lowest BCUT2D eigenvalue weighted by molar-refractivity contribution is -0.125. The first kappa shape index (κ1) is 16.6. The molecule has 3 N–H and O–H groups in total. The third-order valence-corrected chi connectivity index (χ3v) is 5.86. The Kier molecular flexibility index (Phi) is 5.83. The summed E-state index contributed by atoms with van der Waals surface area (Å²) in [7, 11) is 0. The molecular weight excluding hydrogens is 310 g/mol. The van der Waals surface area contributed by atoms with Gasteiger partial charge in [0.25, 0.3) is 0 Å². The van der Waals surface area contributed by atoms with Crippen LogP contribution in [-0.4, -0.2) is 46.7 Å². The highest BCUT2D eigenvalue weighted by molar-refractivity contribution is 7.15. The SMILES string of the molecule is Nc1nnc(CCN2CCC[C@@H]2C(=O)NCC2CCCCC2)s1. The smallest absolute Gasteiger partial charge is 0.237 e. The van der Waals surface area contributed by atoms with E-state index in [0.29, 0.717) is 11.0 Å². The molecule has 0 aromatic carbocycles. The number of amides is 1. The Labute approximate surface area is 141 Å². The molecule has 7 heteroatoms. The quantitative estimate of drug-likeness (QED) is 0.827. The van der Waals surface area contributed by atoms with Crippen molar-refractivity contribution in [3.05, 3.63) is 5.01 Å². The lowest BCUT2D eigenvalue weighted by atomic mass is 9.89. The molecule has 3 rings (SSSR count). The van der Waals surface area contributed by atoms with Crippen LogP contribution >= 0.6 is 11.3 Å². The Morgan fingerprint density at radius 1 is 1.22 bits per heavy atom. The number of carbonyl (C=O) groups is 1. The van der Waals surface area contributed by atoms with Crippen molar-refractivity contribution in [1.82, 2.24) is 20.4 Å². The molecular formula is C16H27N5OS. The van der Waals surface area contributed by atoms with Crippen LogP contribution in [0, 0.1) is 5.92 Å². The predicted molar refractivity (Wildman–Crippen MR) is 92.2 cm³/mol. The van der Waals surface area contributed by atoms with E-state index in [0.717, 1.165) is 43.9 Å². The van der Waals surface area contributed by atoms with Crippen molar-refractivity contribution in [2.24, 2.45) is 5.92 Å². The molecule has 2 fully saturated rings. The number of nitrogens with zero attached hydrogens (tertiary/aromatic N) is 3. The highest BCUT2D eigenvalue weighted by Crippen LogP contribution is 2.23. The highest BCUT2D eigenvalue weighted by Gasteiger charge is 2.30. The van der Waals surface area contributed by atoms with Crippen LogP contribution < -0.4 is 11.1 Å². The van der Waals surface area contributed by atoms with Crippen LogP contribution in [0.25, 0.3) is 0 Å². The average molecular weight is 337 g/mol. The second-order valence-electron chi connectivity index (χ2n) is 6.73. The van der Waals surface area contributed by atoms with Gasteiger partial charge in [0, 0.05) is 19.5 Å². The first-order valence-electron chi connectivity index (χ1n) is 8.82. The molecule has 1 aromatic rings. The summed E-state index contributed by atoms with van der Waals surface area (Å²) < 4.78 is 0. The van der Waals surface area contributed by atoms with Gasteiger partial charge < -0.3 is 11.1 Å². The number of carbonyl (C=O) groups excluding carboxylic acids is 1. The maximum atomic E-state index is 12.5. The normalized spacial score (nSPS) is 23.2. The average Bonchev–Trinajstić information content (AvgIpc) is 3.20. The zero-order valence-electron chi connectivity index (χ0n) is 13.7. The molecule has 0 bridgehead atoms. The lowest BCUT2D eigenvalue weighted by Crippen LogP contribution is -2.45. The fourth-order valence-electron chi connectivity index (χ4n) is 3.75. The van der Waals surface area contributed by atoms with Crippen molar-refractivity contribution in [3.8, 4) is 0 Å². The molecule has 0 unspecified atom stereocenters. The molecule has 2 heterocycles. The minimum absolute atomic E-state index is 0.0314. The van der Waals surface area contributed by atoms with Gasteiger partial charge in [-0.15, -0.1) is 10.2 Å². The molecule has 23 heavy (non-hydrogen) atoms. The number of likely N-dealkylation sites (tertiary alicyclic amines) is 1. The summed E-state index contributed by atoms with van der Waals surface area (Å²) in [4.78, 5) is 14.8. The van der Waals surface area contributed by atoms with Crippen LogP contribution in [-0.2, 0) is 11.2 Å². The van der Waals surface area contributed by atoms with Crippen LogP contribution in [0.5, 0.6) is 0 Å². The summed E-state index contributed by atoms with van der Waals surface area (Å²) in [5, 5.41) is 12.6. The second kappa shape index (κ2) is 8.06. The summed E-state index contributed by atoms with van der Waals surface area (Å²) in [6, 6.07) is 0.0314. The predicted octanol–water partition coefficient (Wildman–Crippen LogP) is 1.82. The van der Waals surface area contributed by atoms with Gasteiger partial charge in [0.1, 0.15) is 5.01 Å². The van der Waals surface area contributed by atoms with Crippen molar-refractivity contribution >= 4 is 22.4 Å². The summed E-state index contributed by atoms with van der Waals surface area (Å²) in [5.41, 5.74) is 5.62. The van der Waals surface area contributed by atoms with Crippen LogP contribution in [0.15, 0.2) is 0 Å². The van der Waals surface area contributed by atoms with Gasteiger partial charge in [0.05, 0.1) is 6.04 Å². The van der Waals surface area contributed by atoms with Crippen molar-refractivity contribution in [2.45, 2.75) is 57.4 Å². The fraction of sp³-hybridized carbons (Fsp3) is 0.812. The minimum Gasteiger partial charge on any atom is -0.374 e. The van der Waals surface area contributed by atoms with E-state index in [1.54, 1.807) is 0 Å². The molecule has 1 aromatic heterocycles. The summed E-state index contributed by atoms with van der Waals surface area (Å²) in [6.07, 6.45) is 9.43. The van der Waals surface area contributed by atoms with Crippen molar-refractivity contribution in [2.75, 3.05) is 25.4 Å². The number of nitrogens with one attached hydrogen (secondary N) is 1. The van der Waals surface area contributed by atoms with E-state index < -0.39 is 0 Å². The van der Waals surface area contributed by atoms with Gasteiger partial charge in [0.2, 0.25) is 11.0 Å². The molecule has 1 atom stereocenters.